The fourth-order valence-corrected chi connectivity index (χ4v) is 3.00. The molecule has 0 spiro atoms. The van der Waals surface area contributed by atoms with Gasteiger partial charge in [-0.2, -0.15) is 13.2 Å². The third kappa shape index (κ3) is 4.79. The summed E-state index contributed by atoms with van der Waals surface area (Å²) in [7, 11) is 0. The third-order valence-electron chi connectivity index (χ3n) is 4.19. The maximum Gasteiger partial charge on any atom is 0.420 e. The van der Waals surface area contributed by atoms with Crippen LogP contribution in [0.2, 0.25) is 5.02 Å². The zero-order valence-electron chi connectivity index (χ0n) is 15.6. The predicted molar refractivity (Wildman–Crippen MR) is 101 cm³/mol. The Bertz CT molecular complexity index is 1020. The average Bonchev–Trinajstić information content (AvgIpc) is 3.07. The highest BCUT2D eigenvalue weighted by Gasteiger charge is 2.35. The number of benzene rings is 1. The molecule has 0 unspecified atom stereocenters. The van der Waals surface area contributed by atoms with Crippen LogP contribution >= 0.6 is 11.6 Å². The van der Waals surface area contributed by atoms with Crippen molar-refractivity contribution in [2.75, 3.05) is 6.61 Å². The highest BCUT2D eigenvalue weighted by atomic mass is 35.5. The van der Waals surface area contributed by atoms with Crippen molar-refractivity contribution in [2.24, 2.45) is 5.92 Å². The number of rotatable bonds is 6. The molecular formula is C19H18ClF3N4O2. The van der Waals surface area contributed by atoms with Gasteiger partial charge in [0.2, 0.25) is 0 Å². The molecule has 0 radical (unpaired) electrons. The number of fused-ring (bicyclic) bond motifs is 1. The number of pyridine rings is 1. The van der Waals surface area contributed by atoms with E-state index in [1.165, 1.54) is 16.7 Å². The molecule has 2 aromatic heterocycles. The molecule has 3 aromatic rings. The minimum absolute atomic E-state index is 0.160. The second-order valence-corrected chi connectivity index (χ2v) is 7.14. The van der Waals surface area contributed by atoms with Crippen molar-refractivity contribution < 1.29 is 22.7 Å². The molecule has 1 aromatic carbocycles. The van der Waals surface area contributed by atoms with Crippen LogP contribution in [0.3, 0.4) is 0 Å². The van der Waals surface area contributed by atoms with Gasteiger partial charge in [0.05, 0.1) is 6.04 Å². The van der Waals surface area contributed by atoms with Gasteiger partial charge in [-0.25, -0.2) is 0 Å². The predicted octanol–water partition coefficient (Wildman–Crippen LogP) is 4.29. The molecule has 0 saturated heterocycles. The Kier molecular flexibility index (Phi) is 5.97. The number of hydrogen-bond acceptors (Lipinski definition) is 4. The van der Waals surface area contributed by atoms with Gasteiger partial charge in [0.1, 0.15) is 11.3 Å². The van der Waals surface area contributed by atoms with Crippen LogP contribution in [0.1, 0.15) is 31.3 Å². The number of alkyl halides is 3. The third-order valence-corrected chi connectivity index (χ3v) is 4.43. The molecule has 29 heavy (non-hydrogen) atoms. The van der Waals surface area contributed by atoms with Gasteiger partial charge in [-0.1, -0.05) is 31.5 Å². The zero-order valence-corrected chi connectivity index (χ0v) is 16.3. The fourth-order valence-electron chi connectivity index (χ4n) is 2.82. The first-order valence-electron chi connectivity index (χ1n) is 8.75. The zero-order chi connectivity index (χ0) is 21.2. The van der Waals surface area contributed by atoms with E-state index in [1.54, 1.807) is 24.3 Å². The minimum Gasteiger partial charge on any atom is -0.484 e. The molecule has 154 valence electrons. The van der Waals surface area contributed by atoms with Crippen LogP contribution in [0.4, 0.5) is 13.2 Å². The lowest BCUT2D eigenvalue weighted by molar-refractivity contribution is -0.136. The van der Waals surface area contributed by atoms with E-state index in [2.05, 4.69) is 15.5 Å². The quantitative estimate of drug-likeness (QED) is 0.638. The lowest BCUT2D eigenvalue weighted by atomic mass is 10.0. The van der Waals surface area contributed by atoms with Crippen molar-refractivity contribution in [1.82, 2.24) is 19.9 Å². The van der Waals surface area contributed by atoms with Crippen molar-refractivity contribution in [3.05, 3.63) is 59.0 Å². The number of carbonyl (C=O) groups is 1. The second kappa shape index (κ2) is 8.28. The number of hydrogen-bond donors (Lipinski definition) is 1. The normalized spacial score (nSPS) is 12.9. The summed E-state index contributed by atoms with van der Waals surface area (Å²) in [5.74, 6) is 0.0214. The molecule has 3 rings (SSSR count). The van der Waals surface area contributed by atoms with Crippen LogP contribution in [0.25, 0.3) is 5.65 Å². The van der Waals surface area contributed by atoms with Crippen LogP contribution in [0.5, 0.6) is 5.75 Å². The smallest absolute Gasteiger partial charge is 0.420 e. The molecule has 0 aliphatic carbocycles. The Morgan fingerprint density at radius 2 is 2.00 bits per heavy atom. The van der Waals surface area contributed by atoms with Crippen LogP contribution in [0, 0.1) is 5.92 Å². The fraction of sp³-hybridized carbons (Fsp3) is 0.316. The Hall–Kier alpha value is -2.81. The summed E-state index contributed by atoms with van der Waals surface area (Å²) in [5.41, 5.74) is -1.21. The molecule has 0 fully saturated rings. The molecule has 1 amide bonds. The Morgan fingerprint density at radius 1 is 1.24 bits per heavy atom. The first-order valence-corrected chi connectivity index (χ1v) is 9.13. The van der Waals surface area contributed by atoms with Crippen LogP contribution in [0.15, 0.2) is 42.6 Å². The van der Waals surface area contributed by atoms with E-state index in [4.69, 9.17) is 16.3 Å². The van der Waals surface area contributed by atoms with Crippen molar-refractivity contribution in [3.8, 4) is 5.75 Å². The summed E-state index contributed by atoms with van der Waals surface area (Å²) in [6.45, 7) is 3.35. The summed E-state index contributed by atoms with van der Waals surface area (Å²) in [6, 6.07) is 8.13. The van der Waals surface area contributed by atoms with Gasteiger partial charge in [0, 0.05) is 11.2 Å². The van der Waals surface area contributed by atoms with Crippen LogP contribution in [-0.4, -0.2) is 27.1 Å². The first-order chi connectivity index (χ1) is 13.7. The molecule has 1 N–H and O–H groups in total. The summed E-state index contributed by atoms with van der Waals surface area (Å²) in [5, 5.41) is 10.8. The monoisotopic (exact) mass is 426 g/mol. The van der Waals surface area contributed by atoms with E-state index in [0.717, 1.165) is 6.07 Å². The van der Waals surface area contributed by atoms with Gasteiger partial charge in [-0.05, 0) is 36.2 Å². The van der Waals surface area contributed by atoms with Crippen LogP contribution in [-0.2, 0) is 11.0 Å². The van der Waals surface area contributed by atoms with Crippen molar-refractivity contribution >= 4 is 23.2 Å². The summed E-state index contributed by atoms with van der Waals surface area (Å²) < 4.78 is 46.3. The Balaban J connectivity index is 1.80. The van der Waals surface area contributed by atoms with Gasteiger partial charge < -0.3 is 10.1 Å². The molecular weight excluding hydrogens is 409 g/mol. The largest absolute Gasteiger partial charge is 0.484 e. The number of amides is 1. The van der Waals surface area contributed by atoms with Crippen LogP contribution < -0.4 is 10.1 Å². The van der Waals surface area contributed by atoms with Gasteiger partial charge in [-0.15, -0.1) is 10.2 Å². The highest BCUT2D eigenvalue weighted by Crippen LogP contribution is 2.32. The summed E-state index contributed by atoms with van der Waals surface area (Å²) in [6.07, 6.45) is -3.13. The van der Waals surface area contributed by atoms with Gasteiger partial charge in [-0.3, -0.25) is 9.20 Å². The Labute approximate surface area is 169 Å². The molecule has 2 heterocycles. The van der Waals surface area contributed by atoms with Crippen molar-refractivity contribution in [1.29, 1.82) is 0 Å². The lowest BCUT2D eigenvalue weighted by Gasteiger charge is -2.21. The van der Waals surface area contributed by atoms with E-state index >= 15 is 0 Å². The molecule has 10 heteroatoms. The number of ether oxygens (including phenoxy) is 1. The molecule has 1 atom stereocenters. The molecule has 0 bridgehead atoms. The van der Waals surface area contributed by atoms with E-state index in [1.807, 2.05) is 13.8 Å². The molecule has 0 aliphatic heterocycles. The number of carbonyl (C=O) groups excluding carboxylic acids is 1. The standard InChI is InChI=1S/C19H18ClF3N4O2/c1-11(2)16(24-15(28)10-29-13-6-3-5-12(20)9-13)18-26-25-17-14(19(21,22)23)7-4-8-27(17)18/h3-9,11,16H,10H2,1-2H3,(H,24,28)/t16-/m0/s1. The Morgan fingerprint density at radius 3 is 2.66 bits per heavy atom. The van der Waals surface area contributed by atoms with Gasteiger partial charge in [0.25, 0.3) is 5.91 Å². The average molecular weight is 427 g/mol. The van der Waals surface area contributed by atoms with E-state index in [9.17, 15) is 18.0 Å². The maximum absolute atomic E-state index is 13.2. The van der Waals surface area contributed by atoms with Gasteiger partial charge in [0.15, 0.2) is 18.1 Å². The van der Waals surface area contributed by atoms with E-state index < -0.39 is 23.7 Å². The summed E-state index contributed by atoms with van der Waals surface area (Å²) in [4.78, 5) is 12.4. The highest BCUT2D eigenvalue weighted by molar-refractivity contribution is 6.30. The number of halogens is 4. The van der Waals surface area contributed by atoms with Gasteiger partial charge >= 0.3 is 6.18 Å². The van der Waals surface area contributed by atoms with Crippen molar-refractivity contribution in [2.45, 2.75) is 26.1 Å². The maximum atomic E-state index is 13.2. The molecule has 0 aliphatic rings. The van der Waals surface area contributed by atoms with E-state index in [-0.39, 0.29) is 24.0 Å². The summed E-state index contributed by atoms with van der Waals surface area (Å²) >= 11 is 5.88. The van der Waals surface area contributed by atoms with E-state index in [0.29, 0.717) is 10.8 Å². The second-order valence-electron chi connectivity index (χ2n) is 6.71. The van der Waals surface area contributed by atoms with Crippen molar-refractivity contribution in [3.63, 3.8) is 0 Å². The number of aromatic nitrogens is 3. The number of nitrogens with zero attached hydrogens (tertiary/aromatic N) is 3. The lowest BCUT2D eigenvalue weighted by Crippen LogP contribution is -2.36. The topological polar surface area (TPSA) is 68.5 Å². The SMILES string of the molecule is CC(C)[C@H](NC(=O)COc1cccc(Cl)c1)c1nnc2c(C(F)(F)F)cccn12. The number of nitrogens with one attached hydrogen (secondary N) is 1. The minimum atomic E-state index is -4.56. The molecule has 6 nitrogen and oxygen atoms in total. The first kappa shape index (κ1) is 20.9. The molecule has 0 saturated carbocycles.